The molecule has 2 aliphatic rings. The van der Waals surface area contributed by atoms with E-state index in [1.807, 2.05) is 0 Å². The van der Waals surface area contributed by atoms with Crippen molar-refractivity contribution in [2.45, 2.75) is 69.7 Å². The molecule has 2 amide bonds. The fourth-order valence-electron chi connectivity index (χ4n) is 1.87. The monoisotopic (exact) mass is 270 g/mol. The van der Waals surface area contributed by atoms with Crippen LogP contribution in [0.4, 0.5) is 4.79 Å². The van der Waals surface area contributed by atoms with Crippen molar-refractivity contribution in [2.75, 3.05) is 0 Å². The summed E-state index contributed by atoms with van der Waals surface area (Å²) in [7, 11) is 0. The van der Waals surface area contributed by atoms with E-state index in [1.165, 1.54) is 0 Å². The SMILES string of the molecule is CC(C)(C)OC(=O)NC1(C(O)C(=O)NC2CC2)CC1. The molecule has 0 spiro atoms. The van der Waals surface area contributed by atoms with Crippen LogP contribution in [-0.2, 0) is 9.53 Å². The molecule has 1 unspecified atom stereocenters. The summed E-state index contributed by atoms with van der Waals surface area (Å²) in [5, 5.41) is 15.4. The van der Waals surface area contributed by atoms with E-state index >= 15 is 0 Å². The average Bonchev–Trinajstić information content (AvgIpc) is 3.10. The highest BCUT2D eigenvalue weighted by molar-refractivity contribution is 5.84. The van der Waals surface area contributed by atoms with Crippen molar-refractivity contribution in [1.82, 2.24) is 10.6 Å². The largest absolute Gasteiger partial charge is 0.444 e. The Kier molecular flexibility index (Phi) is 3.47. The summed E-state index contributed by atoms with van der Waals surface area (Å²) in [5.74, 6) is -0.406. The van der Waals surface area contributed by atoms with E-state index in [2.05, 4.69) is 10.6 Å². The molecule has 2 fully saturated rings. The van der Waals surface area contributed by atoms with E-state index in [4.69, 9.17) is 4.74 Å². The van der Waals surface area contributed by atoms with E-state index in [-0.39, 0.29) is 6.04 Å². The van der Waals surface area contributed by atoms with Gasteiger partial charge in [0, 0.05) is 6.04 Å². The number of rotatable bonds is 4. The molecule has 0 saturated heterocycles. The predicted molar refractivity (Wildman–Crippen MR) is 68.5 cm³/mol. The van der Waals surface area contributed by atoms with Gasteiger partial charge in [0.05, 0.1) is 5.54 Å². The van der Waals surface area contributed by atoms with Gasteiger partial charge in [0.1, 0.15) is 5.60 Å². The molecule has 108 valence electrons. The Bertz CT molecular complexity index is 381. The highest BCUT2D eigenvalue weighted by atomic mass is 16.6. The minimum Gasteiger partial charge on any atom is -0.444 e. The maximum Gasteiger partial charge on any atom is 0.408 e. The number of carbonyl (C=O) groups excluding carboxylic acids is 2. The van der Waals surface area contributed by atoms with Gasteiger partial charge in [0.25, 0.3) is 5.91 Å². The fraction of sp³-hybridized carbons (Fsp3) is 0.846. The van der Waals surface area contributed by atoms with Gasteiger partial charge in [-0.3, -0.25) is 4.79 Å². The van der Waals surface area contributed by atoms with Crippen molar-refractivity contribution in [3.8, 4) is 0 Å². The number of hydrogen-bond donors (Lipinski definition) is 3. The number of amides is 2. The van der Waals surface area contributed by atoms with Crippen LogP contribution in [0.2, 0.25) is 0 Å². The molecule has 0 aromatic heterocycles. The van der Waals surface area contributed by atoms with E-state index in [1.54, 1.807) is 20.8 Å². The molecule has 0 aromatic rings. The first-order chi connectivity index (χ1) is 8.72. The minimum absolute atomic E-state index is 0.194. The van der Waals surface area contributed by atoms with Crippen LogP contribution in [0, 0.1) is 0 Å². The van der Waals surface area contributed by atoms with Gasteiger partial charge in [-0.1, -0.05) is 0 Å². The van der Waals surface area contributed by atoms with Crippen molar-refractivity contribution in [2.24, 2.45) is 0 Å². The predicted octanol–water partition coefficient (Wildman–Crippen LogP) is 0.683. The van der Waals surface area contributed by atoms with Gasteiger partial charge in [-0.2, -0.15) is 0 Å². The van der Waals surface area contributed by atoms with E-state index in [9.17, 15) is 14.7 Å². The Labute approximate surface area is 112 Å². The Morgan fingerprint density at radius 1 is 1.32 bits per heavy atom. The highest BCUT2D eigenvalue weighted by Gasteiger charge is 2.54. The summed E-state index contributed by atoms with van der Waals surface area (Å²) in [5.41, 5.74) is -1.44. The number of aliphatic hydroxyl groups is 1. The van der Waals surface area contributed by atoms with Gasteiger partial charge >= 0.3 is 6.09 Å². The molecule has 0 radical (unpaired) electrons. The van der Waals surface area contributed by atoms with Gasteiger partial charge in [-0.05, 0) is 46.5 Å². The third-order valence-electron chi connectivity index (χ3n) is 3.23. The third-order valence-corrected chi connectivity index (χ3v) is 3.23. The lowest BCUT2D eigenvalue weighted by Crippen LogP contribution is -2.53. The summed E-state index contributed by atoms with van der Waals surface area (Å²) < 4.78 is 5.14. The molecular weight excluding hydrogens is 248 g/mol. The molecule has 0 aromatic carbocycles. The molecule has 3 N–H and O–H groups in total. The van der Waals surface area contributed by atoms with Crippen LogP contribution < -0.4 is 10.6 Å². The van der Waals surface area contributed by atoms with Crippen LogP contribution in [0.1, 0.15) is 46.5 Å². The first-order valence-corrected chi connectivity index (χ1v) is 6.71. The minimum atomic E-state index is -1.21. The summed E-state index contributed by atoms with van der Waals surface area (Å²) in [6, 6.07) is 0.194. The Morgan fingerprint density at radius 2 is 1.89 bits per heavy atom. The normalized spacial score (nSPS) is 22.3. The molecular formula is C13H22N2O4. The maximum atomic E-state index is 11.8. The molecule has 0 heterocycles. The van der Waals surface area contributed by atoms with E-state index in [0.717, 1.165) is 12.8 Å². The lowest BCUT2D eigenvalue weighted by atomic mass is 10.1. The molecule has 0 bridgehead atoms. The van der Waals surface area contributed by atoms with Crippen LogP contribution in [0.15, 0.2) is 0 Å². The lowest BCUT2D eigenvalue weighted by molar-refractivity contribution is -0.131. The number of ether oxygens (including phenoxy) is 1. The smallest absolute Gasteiger partial charge is 0.408 e. The van der Waals surface area contributed by atoms with Crippen LogP contribution in [0.25, 0.3) is 0 Å². The summed E-state index contributed by atoms with van der Waals surface area (Å²) in [4.78, 5) is 23.5. The lowest BCUT2D eigenvalue weighted by Gasteiger charge is -2.26. The van der Waals surface area contributed by atoms with Crippen molar-refractivity contribution in [1.29, 1.82) is 0 Å². The maximum absolute atomic E-state index is 11.8. The van der Waals surface area contributed by atoms with Gasteiger partial charge < -0.3 is 20.5 Å². The van der Waals surface area contributed by atoms with Crippen molar-refractivity contribution >= 4 is 12.0 Å². The number of alkyl carbamates (subject to hydrolysis) is 1. The zero-order valence-electron chi connectivity index (χ0n) is 11.7. The Morgan fingerprint density at radius 3 is 2.32 bits per heavy atom. The zero-order valence-corrected chi connectivity index (χ0v) is 11.7. The fourth-order valence-corrected chi connectivity index (χ4v) is 1.87. The molecule has 6 nitrogen and oxygen atoms in total. The number of aliphatic hydroxyl groups excluding tert-OH is 1. The van der Waals surface area contributed by atoms with Gasteiger partial charge in [-0.15, -0.1) is 0 Å². The van der Waals surface area contributed by atoms with Gasteiger partial charge in [-0.25, -0.2) is 4.79 Å². The van der Waals surface area contributed by atoms with E-state index in [0.29, 0.717) is 12.8 Å². The second-order valence-corrected chi connectivity index (χ2v) is 6.47. The topological polar surface area (TPSA) is 87.7 Å². The third kappa shape index (κ3) is 3.83. The van der Waals surface area contributed by atoms with Crippen LogP contribution in [-0.4, -0.2) is 40.4 Å². The number of carbonyl (C=O) groups is 2. The molecule has 6 heteroatoms. The average molecular weight is 270 g/mol. The van der Waals surface area contributed by atoms with Gasteiger partial charge in [0.15, 0.2) is 6.10 Å². The molecule has 0 aliphatic heterocycles. The van der Waals surface area contributed by atoms with Crippen LogP contribution in [0.3, 0.4) is 0 Å². The molecule has 2 aliphatic carbocycles. The molecule has 2 rings (SSSR count). The summed E-state index contributed by atoms with van der Waals surface area (Å²) >= 11 is 0. The first-order valence-electron chi connectivity index (χ1n) is 6.71. The standard InChI is InChI=1S/C13H22N2O4/c1-12(2,3)19-11(18)15-13(6-7-13)9(16)10(17)14-8-4-5-8/h8-9,16H,4-7H2,1-3H3,(H,14,17)(H,15,18). The molecule has 19 heavy (non-hydrogen) atoms. The molecule has 1 atom stereocenters. The van der Waals surface area contributed by atoms with Crippen LogP contribution in [0.5, 0.6) is 0 Å². The number of hydrogen-bond acceptors (Lipinski definition) is 4. The quantitative estimate of drug-likeness (QED) is 0.701. The zero-order chi connectivity index (χ0) is 14.3. The van der Waals surface area contributed by atoms with Crippen molar-refractivity contribution in [3.05, 3.63) is 0 Å². The number of nitrogens with one attached hydrogen (secondary N) is 2. The van der Waals surface area contributed by atoms with Crippen molar-refractivity contribution in [3.63, 3.8) is 0 Å². The second kappa shape index (κ2) is 4.67. The van der Waals surface area contributed by atoms with E-state index < -0.39 is 29.2 Å². The van der Waals surface area contributed by atoms with Crippen molar-refractivity contribution < 1.29 is 19.4 Å². The highest BCUT2D eigenvalue weighted by Crippen LogP contribution is 2.39. The summed E-state index contributed by atoms with van der Waals surface area (Å²) in [6.07, 6.45) is 1.30. The second-order valence-electron chi connectivity index (χ2n) is 6.47. The van der Waals surface area contributed by atoms with Crippen LogP contribution >= 0.6 is 0 Å². The first kappa shape index (κ1) is 14.1. The Balaban J connectivity index is 1.87. The van der Waals surface area contributed by atoms with Gasteiger partial charge in [0.2, 0.25) is 0 Å². The molecule has 2 saturated carbocycles. The summed E-state index contributed by atoms with van der Waals surface area (Å²) in [6.45, 7) is 5.30. The Hall–Kier alpha value is -1.30.